The zero-order valence-electron chi connectivity index (χ0n) is 12.8. The van der Waals surface area contributed by atoms with Crippen LogP contribution in [-0.2, 0) is 4.74 Å². The predicted molar refractivity (Wildman–Crippen MR) is 81.8 cm³/mol. The molecule has 0 saturated carbocycles. The molecule has 7 heteroatoms. The van der Waals surface area contributed by atoms with E-state index in [1.54, 1.807) is 6.20 Å². The second-order valence-electron chi connectivity index (χ2n) is 5.37. The number of carbonyl (C=O) groups is 1. The number of esters is 1. The molecule has 0 atom stereocenters. The molecule has 2 aromatic heterocycles. The van der Waals surface area contributed by atoms with Crippen LogP contribution in [0.15, 0.2) is 12.4 Å². The van der Waals surface area contributed by atoms with Gasteiger partial charge in [0.2, 0.25) is 5.95 Å². The number of rotatable bonds is 3. The lowest BCUT2D eigenvalue weighted by Gasteiger charge is -2.26. The summed E-state index contributed by atoms with van der Waals surface area (Å²) < 4.78 is 4.77. The van der Waals surface area contributed by atoms with Gasteiger partial charge >= 0.3 is 5.97 Å². The molecule has 0 unspecified atom stereocenters. The third-order valence-electron chi connectivity index (χ3n) is 3.92. The SMILES string of the molecule is COC(=O)c1cn[nH]c1-c1cnc(N2CCCCC2)nc1C. The van der Waals surface area contributed by atoms with Gasteiger partial charge in [-0.15, -0.1) is 0 Å². The number of aryl methyl sites for hydroxylation is 1. The van der Waals surface area contributed by atoms with E-state index in [-0.39, 0.29) is 0 Å². The highest BCUT2D eigenvalue weighted by Crippen LogP contribution is 2.25. The summed E-state index contributed by atoms with van der Waals surface area (Å²) in [4.78, 5) is 23.0. The molecule has 1 saturated heterocycles. The number of ether oxygens (including phenoxy) is 1. The summed E-state index contributed by atoms with van der Waals surface area (Å²) in [5, 5.41) is 6.76. The Morgan fingerprint density at radius 3 is 2.73 bits per heavy atom. The lowest BCUT2D eigenvalue weighted by Crippen LogP contribution is -2.31. The molecule has 0 bridgehead atoms. The van der Waals surface area contributed by atoms with Gasteiger partial charge in [-0.3, -0.25) is 5.10 Å². The molecule has 1 fully saturated rings. The van der Waals surface area contributed by atoms with Gasteiger partial charge in [0.05, 0.1) is 24.7 Å². The van der Waals surface area contributed by atoms with Crippen molar-refractivity contribution in [3.63, 3.8) is 0 Å². The van der Waals surface area contributed by atoms with E-state index in [0.717, 1.165) is 30.3 Å². The molecule has 1 aliphatic heterocycles. The van der Waals surface area contributed by atoms with Crippen LogP contribution >= 0.6 is 0 Å². The second kappa shape index (κ2) is 6.13. The summed E-state index contributed by atoms with van der Waals surface area (Å²) in [7, 11) is 1.35. The first kappa shape index (κ1) is 14.5. The number of hydrogen-bond acceptors (Lipinski definition) is 6. The molecule has 0 aliphatic carbocycles. The van der Waals surface area contributed by atoms with Crippen molar-refractivity contribution in [2.75, 3.05) is 25.1 Å². The van der Waals surface area contributed by atoms with Crippen LogP contribution in [0.1, 0.15) is 35.3 Å². The van der Waals surface area contributed by atoms with Crippen molar-refractivity contribution in [2.45, 2.75) is 26.2 Å². The van der Waals surface area contributed by atoms with E-state index in [2.05, 4.69) is 25.1 Å². The molecule has 0 amide bonds. The quantitative estimate of drug-likeness (QED) is 0.872. The number of nitrogens with one attached hydrogen (secondary N) is 1. The standard InChI is InChI=1S/C15H19N5O2/c1-10-11(13-12(9-17-19-13)14(21)22-2)8-16-15(18-10)20-6-4-3-5-7-20/h8-9H,3-7H2,1-2H3,(H,17,19). The summed E-state index contributed by atoms with van der Waals surface area (Å²) in [5.41, 5.74) is 2.55. The maximum Gasteiger partial charge on any atom is 0.341 e. The molecular weight excluding hydrogens is 282 g/mol. The van der Waals surface area contributed by atoms with Crippen LogP contribution in [0.5, 0.6) is 0 Å². The van der Waals surface area contributed by atoms with Crippen LogP contribution in [0.2, 0.25) is 0 Å². The minimum Gasteiger partial charge on any atom is -0.465 e. The molecule has 7 nitrogen and oxygen atoms in total. The molecule has 116 valence electrons. The Labute approximate surface area is 128 Å². The summed E-state index contributed by atoms with van der Waals surface area (Å²) >= 11 is 0. The monoisotopic (exact) mass is 301 g/mol. The van der Waals surface area contributed by atoms with Crippen molar-refractivity contribution >= 4 is 11.9 Å². The molecule has 1 aliphatic rings. The molecule has 1 N–H and O–H groups in total. The minimum atomic E-state index is -0.428. The Balaban J connectivity index is 1.92. The van der Waals surface area contributed by atoms with Gasteiger partial charge in [0.15, 0.2) is 0 Å². The molecule has 2 aromatic rings. The average Bonchev–Trinajstić information content (AvgIpc) is 3.04. The van der Waals surface area contributed by atoms with Gasteiger partial charge in [-0.1, -0.05) is 0 Å². The molecule has 3 heterocycles. The highest BCUT2D eigenvalue weighted by Gasteiger charge is 2.20. The summed E-state index contributed by atoms with van der Waals surface area (Å²) in [5.74, 6) is 0.323. The van der Waals surface area contributed by atoms with E-state index in [0.29, 0.717) is 11.3 Å². The Hall–Kier alpha value is -2.44. The van der Waals surface area contributed by atoms with Gasteiger partial charge in [0.1, 0.15) is 5.56 Å². The lowest BCUT2D eigenvalue weighted by atomic mass is 10.1. The number of carbonyl (C=O) groups excluding carboxylic acids is 1. The molecule has 22 heavy (non-hydrogen) atoms. The smallest absolute Gasteiger partial charge is 0.341 e. The zero-order valence-corrected chi connectivity index (χ0v) is 12.8. The van der Waals surface area contributed by atoms with Crippen LogP contribution in [0, 0.1) is 6.92 Å². The number of H-pyrrole nitrogens is 1. The first-order valence-electron chi connectivity index (χ1n) is 7.41. The maximum atomic E-state index is 11.8. The van der Waals surface area contributed by atoms with Gasteiger partial charge in [-0.25, -0.2) is 14.8 Å². The maximum absolute atomic E-state index is 11.8. The van der Waals surface area contributed by atoms with Gasteiger partial charge in [-0.2, -0.15) is 5.10 Å². The minimum absolute atomic E-state index is 0.389. The first-order valence-corrected chi connectivity index (χ1v) is 7.41. The third-order valence-corrected chi connectivity index (χ3v) is 3.92. The van der Waals surface area contributed by atoms with Crippen LogP contribution in [0.4, 0.5) is 5.95 Å². The molecule has 0 aromatic carbocycles. The van der Waals surface area contributed by atoms with Gasteiger partial charge in [0.25, 0.3) is 0 Å². The van der Waals surface area contributed by atoms with E-state index in [4.69, 9.17) is 4.74 Å². The van der Waals surface area contributed by atoms with Crippen molar-refractivity contribution in [2.24, 2.45) is 0 Å². The van der Waals surface area contributed by atoms with E-state index in [1.165, 1.54) is 32.6 Å². The zero-order chi connectivity index (χ0) is 15.5. The summed E-state index contributed by atoms with van der Waals surface area (Å²) in [6.07, 6.45) is 6.82. The van der Waals surface area contributed by atoms with E-state index in [1.807, 2.05) is 6.92 Å². The van der Waals surface area contributed by atoms with Crippen LogP contribution in [0.3, 0.4) is 0 Å². The molecule has 0 spiro atoms. The number of nitrogens with zero attached hydrogens (tertiary/aromatic N) is 4. The van der Waals surface area contributed by atoms with E-state index in [9.17, 15) is 4.79 Å². The number of aromatic amines is 1. The number of aromatic nitrogens is 4. The molecule has 3 rings (SSSR count). The van der Waals surface area contributed by atoms with Crippen molar-refractivity contribution in [3.8, 4) is 11.3 Å². The fourth-order valence-corrected chi connectivity index (χ4v) is 2.70. The number of hydrogen-bond donors (Lipinski definition) is 1. The Bertz CT molecular complexity index is 676. The van der Waals surface area contributed by atoms with Crippen molar-refractivity contribution in [3.05, 3.63) is 23.7 Å². The molecular formula is C15H19N5O2. The van der Waals surface area contributed by atoms with Gasteiger partial charge < -0.3 is 9.64 Å². The highest BCUT2D eigenvalue weighted by molar-refractivity contribution is 5.96. The van der Waals surface area contributed by atoms with Crippen LogP contribution < -0.4 is 4.90 Å². The topological polar surface area (TPSA) is 84.0 Å². The molecule has 0 radical (unpaired) electrons. The van der Waals surface area contributed by atoms with E-state index >= 15 is 0 Å². The largest absolute Gasteiger partial charge is 0.465 e. The Morgan fingerprint density at radius 1 is 1.27 bits per heavy atom. The number of anilines is 1. The predicted octanol–water partition coefficient (Wildman–Crippen LogP) is 1.95. The van der Waals surface area contributed by atoms with Crippen molar-refractivity contribution in [1.29, 1.82) is 0 Å². The van der Waals surface area contributed by atoms with Crippen LogP contribution in [-0.4, -0.2) is 46.3 Å². The van der Waals surface area contributed by atoms with Gasteiger partial charge in [-0.05, 0) is 26.2 Å². The number of methoxy groups -OCH3 is 1. The van der Waals surface area contributed by atoms with Crippen molar-refractivity contribution < 1.29 is 9.53 Å². The fraction of sp³-hybridized carbons (Fsp3) is 0.467. The summed E-state index contributed by atoms with van der Waals surface area (Å²) in [6.45, 7) is 3.90. The normalized spacial score (nSPS) is 14.9. The Morgan fingerprint density at radius 2 is 2.05 bits per heavy atom. The second-order valence-corrected chi connectivity index (χ2v) is 5.37. The first-order chi connectivity index (χ1) is 10.7. The van der Waals surface area contributed by atoms with E-state index < -0.39 is 5.97 Å². The highest BCUT2D eigenvalue weighted by atomic mass is 16.5. The Kier molecular flexibility index (Phi) is 4.04. The third kappa shape index (κ3) is 2.66. The average molecular weight is 301 g/mol. The number of piperidine rings is 1. The van der Waals surface area contributed by atoms with Crippen LogP contribution in [0.25, 0.3) is 11.3 Å². The summed E-state index contributed by atoms with van der Waals surface area (Å²) in [6, 6.07) is 0. The van der Waals surface area contributed by atoms with Gasteiger partial charge in [0, 0.05) is 24.8 Å². The van der Waals surface area contributed by atoms with Crippen molar-refractivity contribution in [1.82, 2.24) is 20.2 Å². The fourth-order valence-electron chi connectivity index (χ4n) is 2.70. The lowest BCUT2D eigenvalue weighted by molar-refractivity contribution is 0.0601.